The molecule has 2 rings (SSSR count). The lowest BCUT2D eigenvalue weighted by atomic mass is 10.2. The van der Waals surface area contributed by atoms with Crippen molar-refractivity contribution in [3.8, 4) is 0 Å². The molecule has 0 fully saturated rings. The number of rotatable bonds is 0. The smallest absolute Gasteiger partial charge is 0.254 e. The van der Waals surface area contributed by atoms with Gasteiger partial charge in [-0.2, -0.15) is 0 Å². The Morgan fingerprint density at radius 1 is 1.47 bits per heavy atom. The maximum Gasteiger partial charge on any atom is 0.254 e. The molecular weight excluding hydrogens is 259 g/mol. The first-order chi connectivity index (χ1) is 6.92. The summed E-state index contributed by atoms with van der Waals surface area (Å²) in [5, 5.41) is 0.320. The van der Waals surface area contributed by atoms with Crippen molar-refractivity contribution in [2.24, 2.45) is 4.47 Å². The SMILES string of the molecule is C[N+]1=Cc2ccc(Cl)c(Cl)c2S(=O)(O)=N1. The third kappa shape index (κ3) is 1.76. The van der Waals surface area contributed by atoms with Crippen LogP contribution in [0.5, 0.6) is 0 Å². The minimum atomic E-state index is -3.49. The van der Waals surface area contributed by atoms with Crippen LogP contribution in [0.4, 0.5) is 0 Å². The van der Waals surface area contributed by atoms with E-state index in [0.29, 0.717) is 5.56 Å². The monoisotopic (exact) mass is 265 g/mol. The lowest BCUT2D eigenvalue weighted by Gasteiger charge is -2.10. The zero-order valence-corrected chi connectivity index (χ0v) is 9.97. The molecule has 0 amide bonds. The van der Waals surface area contributed by atoms with Crippen LogP contribution in [0.3, 0.4) is 0 Å². The van der Waals surface area contributed by atoms with E-state index in [4.69, 9.17) is 23.2 Å². The fraction of sp³-hybridized carbons (Fsp3) is 0.125. The molecule has 1 atom stereocenters. The molecule has 80 valence electrons. The second-order valence-corrected chi connectivity index (χ2v) is 5.41. The molecule has 0 aromatic heterocycles. The van der Waals surface area contributed by atoms with E-state index in [9.17, 15) is 8.76 Å². The summed E-state index contributed by atoms with van der Waals surface area (Å²) in [4.78, 5) is 0.0785. The molecule has 1 N–H and O–H groups in total. The van der Waals surface area contributed by atoms with E-state index in [0.717, 1.165) is 0 Å². The van der Waals surface area contributed by atoms with E-state index in [-0.39, 0.29) is 14.9 Å². The van der Waals surface area contributed by atoms with Gasteiger partial charge in [0.2, 0.25) is 6.21 Å². The minimum Gasteiger partial charge on any atom is -0.293 e. The summed E-state index contributed by atoms with van der Waals surface area (Å²) in [5.41, 5.74) is 0.550. The highest BCUT2D eigenvalue weighted by atomic mass is 35.5. The Kier molecular flexibility index (Phi) is 2.50. The first-order valence-corrected chi connectivity index (χ1v) is 6.20. The quantitative estimate of drug-likeness (QED) is 0.732. The fourth-order valence-electron chi connectivity index (χ4n) is 1.36. The number of hydrogen-bond acceptors (Lipinski definition) is 2. The highest BCUT2D eigenvalue weighted by Gasteiger charge is 2.27. The van der Waals surface area contributed by atoms with Gasteiger partial charge in [0.1, 0.15) is 4.90 Å². The summed E-state index contributed by atoms with van der Waals surface area (Å²) in [6.45, 7) is 0. The van der Waals surface area contributed by atoms with Crippen molar-refractivity contribution in [3.63, 3.8) is 0 Å². The van der Waals surface area contributed by atoms with Crippen LogP contribution >= 0.6 is 23.2 Å². The summed E-state index contributed by atoms with van der Waals surface area (Å²) >= 11 is 11.6. The van der Waals surface area contributed by atoms with Crippen LogP contribution in [-0.2, 0) is 10.0 Å². The molecule has 0 radical (unpaired) electrons. The maximum absolute atomic E-state index is 11.8. The predicted octanol–water partition coefficient (Wildman–Crippen LogP) is 2.28. The van der Waals surface area contributed by atoms with Crippen molar-refractivity contribution in [1.29, 1.82) is 0 Å². The van der Waals surface area contributed by atoms with Crippen LogP contribution in [0.25, 0.3) is 0 Å². The Balaban J connectivity index is 2.91. The second-order valence-electron chi connectivity index (χ2n) is 3.06. The van der Waals surface area contributed by atoms with E-state index in [1.165, 1.54) is 4.68 Å². The van der Waals surface area contributed by atoms with Gasteiger partial charge in [-0.25, -0.2) is 4.21 Å². The molecule has 0 spiro atoms. The molecule has 0 saturated heterocycles. The molecule has 4 nitrogen and oxygen atoms in total. The molecule has 7 heteroatoms. The number of nitrogens with zero attached hydrogens (tertiary/aromatic N) is 2. The third-order valence-corrected chi connectivity index (χ3v) is 4.28. The topological polar surface area (TPSA) is 52.7 Å². The van der Waals surface area contributed by atoms with E-state index in [1.54, 1.807) is 25.4 Å². The fourth-order valence-corrected chi connectivity index (χ4v) is 3.30. The molecule has 0 saturated carbocycles. The maximum atomic E-state index is 11.8. The number of halogens is 2. The van der Waals surface area contributed by atoms with Gasteiger partial charge in [0.25, 0.3) is 10.0 Å². The van der Waals surface area contributed by atoms with Crippen molar-refractivity contribution in [3.05, 3.63) is 27.7 Å². The largest absolute Gasteiger partial charge is 0.293 e. The molecule has 15 heavy (non-hydrogen) atoms. The number of hydrogen-bond donors (Lipinski definition) is 1. The molecule has 1 aliphatic heterocycles. The van der Waals surface area contributed by atoms with Crippen molar-refractivity contribution < 1.29 is 13.4 Å². The molecule has 1 aromatic carbocycles. The molecule has 0 bridgehead atoms. The molecule has 0 aliphatic carbocycles. The van der Waals surface area contributed by atoms with Crippen LogP contribution < -0.4 is 0 Å². The molecule has 1 aliphatic rings. The Bertz CT molecular complexity index is 589. The summed E-state index contributed by atoms with van der Waals surface area (Å²) < 4.78 is 26.3. The molecule has 1 aromatic rings. The lowest BCUT2D eigenvalue weighted by molar-refractivity contribution is -0.495. The van der Waals surface area contributed by atoms with Gasteiger partial charge in [0.15, 0.2) is 7.05 Å². The summed E-state index contributed by atoms with van der Waals surface area (Å²) in [7, 11) is -1.92. The molecule has 1 unspecified atom stereocenters. The van der Waals surface area contributed by atoms with Gasteiger partial charge >= 0.3 is 0 Å². The Morgan fingerprint density at radius 3 is 2.80 bits per heavy atom. The Labute approximate surface area is 97.1 Å². The van der Waals surface area contributed by atoms with Crippen LogP contribution in [0.1, 0.15) is 5.56 Å². The first-order valence-electron chi connectivity index (χ1n) is 3.97. The summed E-state index contributed by atoms with van der Waals surface area (Å²) in [5.74, 6) is 0. The number of fused-ring (bicyclic) bond motifs is 1. The van der Waals surface area contributed by atoms with Crippen LogP contribution in [0.15, 0.2) is 21.5 Å². The second kappa shape index (κ2) is 3.45. The minimum absolute atomic E-state index is 0.0785. The van der Waals surface area contributed by atoms with Crippen LogP contribution in [0.2, 0.25) is 10.0 Å². The zero-order valence-electron chi connectivity index (χ0n) is 7.65. The van der Waals surface area contributed by atoms with Crippen molar-refractivity contribution >= 4 is 39.4 Å². The van der Waals surface area contributed by atoms with Crippen molar-refractivity contribution in [2.45, 2.75) is 4.90 Å². The van der Waals surface area contributed by atoms with E-state index < -0.39 is 10.0 Å². The summed E-state index contributed by atoms with van der Waals surface area (Å²) in [6, 6.07) is 3.21. The number of benzene rings is 1. The van der Waals surface area contributed by atoms with Gasteiger partial charge in [0, 0.05) is 0 Å². The summed E-state index contributed by atoms with van der Waals surface area (Å²) in [6.07, 6.45) is 1.61. The highest BCUT2D eigenvalue weighted by molar-refractivity contribution is 7.88. The van der Waals surface area contributed by atoms with Gasteiger partial charge in [-0.15, -0.1) is 0 Å². The predicted molar refractivity (Wildman–Crippen MR) is 59.3 cm³/mol. The first kappa shape index (κ1) is 10.9. The molecular formula is C8H7Cl2N2O2S+. The Hall–Kier alpha value is -0.620. The van der Waals surface area contributed by atoms with Gasteiger partial charge in [-0.05, 0) is 12.1 Å². The van der Waals surface area contributed by atoms with E-state index in [2.05, 4.69) is 4.47 Å². The lowest BCUT2D eigenvalue weighted by Crippen LogP contribution is -2.15. The van der Waals surface area contributed by atoms with Crippen molar-refractivity contribution in [1.82, 2.24) is 0 Å². The van der Waals surface area contributed by atoms with E-state index >= 15 is 0 Å². The van der Waals surface area contributed by atoms with Gasteiger partial charge in [-0.1, -0.05) is 27.9 Å². The van der Waals surface area contributed by atoms with Crippen LogP contribution in [0, 0.1) is 0 Å². The van der Waals surface area contributed by atoms with E-state index in [1.807, 2.05) is 0 Å². The normalized spacial score (nSPS) is 24.1. The van der Waals surface area contributed by atoms with Crippen molar-refractivity contribution in [2.75, 3.05) is 7.05 Å². The molecule has 1 heterocycles. The van der Waals surface area contributed by atoms with Gasteiger partial charge in [0.05, 0.1) is 20.1 Å². The zero-order chi connectivity index (χ0) is 11.2. The van der Waals surface area contributed by atoms with Gasteiger partial charge < -0.3 is 0 Å². The average Bonchev–Trinajstić information content (AvgIpc) is 2.08. The average molecular weight is 266 g/mol. The van der Waals surface area contributed by atoms with Crippen LogP contribution in [-0.4, -0.2) is 26.7 Å². The van der Waals surface area contributed by atoms with Gasteiger partial charge in [-0.3, -0.25) is 4.55 Å². The highest BCUT2D eigenvalue weighted by Crippen LogP contribution is 2.33. The Morgan fingerprint density at radius 2 is 2.13 bits per heavy atom. The third-order valence-electron chi connectivity index (χ3n) is 1.91. The standard InChI is InChI=1S/C8H6Cl2N2O2S/c1-12-4-5-2-3-6(9)7(10)8(5)15(13,14)11-12/h2-4H,1H3/p+1.